The van der Waals surface area contributed by atoms with Crippen molar-refractivity contribution in [1.29, 1.82) is 0 Å². The normalized spacial score (nSPS) is 15.4. The summed E-state index contributed by atoms with van der Waals surface area (Å²) in [6.07, 6.45) is 5.91. The number of amides is 1. The van der Waals surface area contributed by atoms with Gasteiger partial charge in [0.2, 0.25) is 0 Å². The van der Waals surface area contributed by atoms with E-state index in [0.29, 0.717) is 6.42 Å². The molecule has 150 valence electrons. The van der Waals surface area contributed by atoms with E-state index < -0.39 is 6.10 Å². The number of aryl methyl sites for hydroxylation is 4. The van der Waals surface area contributed by atoms with Crippen molar-refractivity contribution >= 4 is 5.91 Å². The van der Waals surface area contributed by atoms with Gasteiger partial charge in [0, 0.05) is 0 Å². The number of carbonyl (C=O) groups excluding carboxylic acids is 1. The second-order valence-corrected chi connectivity index (χ2v) is 7.99. The summed E-state index contributed by atoms with van der Waals surface area (Å²) < 4.78 is 6.07. The number of benzene rings is 2. The Morgan fingerprint density at radius 3 is 2.43 bits per heavy atom. The molecule has 0 heterocycles. The third kappa shape index (κ3) is 4.76. The molecule has 0 unspecified atom stereocenters. The monoisotopic (exact) mass is 379 g/mol. The molecule has 0 saturated carbocycles. The highest BCUT2D eigenvalue weighted by Gasteiger charge is 2.23. The Bertz CT molecular complexity index is 827. The third-order valence-corrected chi connectivity index (χ3v) is 5.76. The first-order valence-corrected chi connectivity index (χ1v) is 10.7. The van der Waals surface area contributed by atoms with Crippen molar-refractivity contribution in [2.24, 2.45) is 0 Å². The quantitative estimate of drug-likeness (QED) is 0.679. The Morgan fingerprint density at radius 1 is 1.00 bits per heavy atom. The molecular weight excluding hydrogens is 346 g/mol. The molecule has 1 amide bonds. The minimum Gasteiger partial charge on any atom is -0.480 e. The van der Waals surface area contributed by atoms with Gasteiger partial charge < -0.3 is 10.1 Å². The molecule has 0 aromatic heterocycles. The van der Waals surface area contributed by atoms with Crippen LogP contribution in [0, 0.1) is 13.8 Å². The van der Waals surface area contributed by atoms with Gasteiger partial charge in [0.1, 0.15) is 5.75 Å². The zero-order valence-electron chi connectivity index (χ0n) is 17.7. The maximum atomic E-state index is 13.0. The highest BCUT2D eigenvalue weighted by Crippen LogP contribution is 2.27. The topological polar surface area (TPSA) is 38.3 Å². The van der Waals surface area contributed by atoms with E-state index in [0.717, 1.165) is 24.2 Å². The molecule has 1 aliphatic carbocycles. The summed E-state index contributed by atoms with van der Waals surface area (Å²) in [6, 6.07) is 12.8. The van der Waals surface area contributed by atoms with Crippen molar-refractivity contribution in [3.8, 4) is 5.75 Å². The summed E-state index contributed by atoms with van der Waals surface area (Å²) >= 11 is 0. The van der Waals surface area contributed by atoms with Gasteiger partial charge in [-0.15, -0.1) is 0 Å². The first kappa shape index (κ1) is 20.4. The first-order valence-electron chi connectivity index (χ1n) is 10.7. The van der Waals surface area contributed by atoms with Gasteiger partial charge >= 0.3 is 0 Å². The van der Waals surface area contributed by atoms with Crippen LogP contribution in [0.25, 0.3) is 0 Å². The summed E-state index contributed by atoms with van der Waals surface area (Å²) in [5.74, 6) is 0.751. The average Bonchev–Trinajstić information content (AvgIpc) is 2.71. The summed E-state index contributed by atoms with van der Waals surface area (Å²) in [7, 11) is 0. The molecule has 3 heteroatoms. The van der Waals surface area contributed by atoms with Gasteiger partial charge in [-0.1, -0.05) is 49.7 Å². The molecule has 0 fully saturated rings. The Kier molecular flexibility index (Phi) is 6.77. The van der Waals surface area contributed by atoms with Gasteiger partial charge in [0.15, 0.2) is 6.10 Å². The summed E-state index contributed by atoms with van der Waals surface area (Å²) in [4.78, 5) is 13.0. The molecule has 3 nitrogen and oxygen atoms in total. The van der Waals surface area contributed by atoms with Gasteiger partial charge in [0.25, 0.3) is 5.91 Å². The fraction of sp³-hybridized carbons (Fsp3) is 0.480. The van der Waals surface area contributed by atoms with E-state index in [9.17, 15) is 4.79 Å². The Hall–Kier alpha value is -2.29. The minimum absolute atomic E-state index is 0.0245. The van der Waals surface area contributed by atoms with E-state index >= 15 is 0 Å². The van der Waals surface area contributed by atoms with Crippen LogP contribution in [-0.2, 0) is 17.6 Å². The molecular formula is C25H33NO2. The Labute approximate surface area is 169 Å². The van der Waals surface area contributed by atoms with E-state index in [-0.39, 0.29) is 11.9 Å². The van der Waals surface area contributed by atoms with Gasteiger partial charge in [-0.3, -0.25) is 4.79 Å². The highest BCUT2D eigenvalue weighted by atomic mass is 16.5. The number of hydrogen-bond donors (Lipinski definition) is 1. The van der Waals surface area contributed by atoms with Crippen LogP contribution in [0.15, 0.2) is 36.4 Å². The lowest BCUT2D eigenvalue weighted by Crippen LogP contribution is -2.40. The van der Waals surface area contributed by atoms with E-state index in [1.54, 1.807) is 0 Å². The van der Waals surface area contributed by atoms with Crippen LogP contribution in [0.2, 0.25) is 0 Å². The maximum absolute atomic E-state index is 13.0. The van der Waals surface area contributed by atoms with Crippen molar-refractivity contribution in [2.45, 2.75) is 78.4 Å². The van der Waals surface area contributed by atoms with Crippen LogP contribution in [0.4, 0.5) is 0 Å². The first-order chi connectivity index (χ1) is 13.5. The molecule has 1 N–H and O–H groups in total. The predicted molar refractivity (Wildman–Crippen MR) is 115 cm³/mol. The zero-order valence-corrected chi connectivity index (χ0v) is 17.7. The molecule has 2 aromatic carbocycles. The van der Waals surface area contributed by atoms with Crippen molar-refractivity contribution in [2.75, 3.05) is 0 Å². The van der Waals surface area contributed by atoms with Crippen LogP contribution in [0.3, 0.4) is 0 Å². The lowest BCUT2D eigenvalue weighted by Gasteiger charge is -2.24. The standard InChI is InChI=1S/C25H33NO2/c1-5-22(21-13-12-19-9-7-8-10-20(19)16-21)26-25(27)23(6-2)28-24-14-11-17(3)15-18(24)4/h11-16,22-23H,5-10H2,1-4H3,(H,26,27)/t22-,23+/m1/s1. The second kappa shape index (κ2) is 9.27. The molecule has 2 aromatic rings. The van der Waals surface area contributed by atoms with Crippen LogP contribution in [0.5, 0.6) is 5.75 Å². The minimum atomic E-state index is -0.479. The predicted octanol–water partition coefficient (Wildman–Crippen LogP) is 5.61. The van der Waals surface area contributed by atoms with Crippen molar-refractivity contribution in [3.63, 3.8) is 0 Å². The van der Waals surface area contributed by atoms with Crippen LogP contribution in [0.1, 0.15) is 73.4 Å². The molecule has 0 radical (unpaired) electrons. The van der Waals surface area contributed by atoms with E-state index in [1.165, 1.54) is 41.5 Å². The fourth-order valence-corrected chi connectivity index (χ4v) is 4.06. The number of carbonyl (C=O) groups is 1. The SMILES string of the molecule is CC[C@H](Oc1ccc(C)cc1C)C(=O)N[C@H](CC)c1ccc2c(c1)CCCC2. The molecule has 0 aliphatic heterocycles. The number of nitrogens with one attached hydrogen (secondary N) is 1. The molecule has 0 saturated heterocycles. The summed E-state index contributed by atoms with van der Waals surface area (Å²) in [6.45, 7) is 8.20. The van der Waals surface area contributed by atoms with Gasteiger partial charge in [-0.2, -0.15) is 0 Å². The van der Waals surface area contributed by atoms with Crippen molar-refractivity contribution in [3.05, 3.63) is 64.2 Å². The third-order valence-electron chi connectivity index (χ3n) is 5.76. The van der Waals surface area contributed by atoms with E-state index in [1.807, 2.05) is 26.0 Å². The number of fused-ring (bicyclic) bond motifs is 1. The number of hydrogen-bond acceptors (Lipinski definition) is 2. The molecule has 1 aliphatic rings. The van der Waals surface area contributed by atoms with Crippen molar-refractivity contribution in [1.82, 2.24) is 5.32 Å². The van der Waals surface area contributed by atoms with Crippen LogP contribution < -0.4 is 10.1 Å². The van der Waals surface area contributed by atoms with Gasteiger partial charge in [0.05, 0.1) is 6.04 Å². The molecule has 0 bridgehead atoms. The Balaban J connectivity index is 1.71. The number of rotatable bonds is 7. The zero-order chi connectivity index (χ0) is 20.1. The van der Waals surface area contributed by atoms with Crippen LogP contribution >= 0.6 is 0 Å². The maximum Gasteiger partial charge on any atom is 0.261 e. The molecule has 0 spiro atoms. The molecule has 28 heavy (non-hydrogen) atoms. The molecule has 2 atom stereocenters. The molecule has 3 rings (SSSR count). The average molecular weight is 380 g/mol. The fourth-order valence-electron chi connectivity index (χ4n) is 4.06. The number of ether oxygens (including phenoxy) is 1. The lowest BCUT2D eigenvalue weighted by molar-refractivity contribution is -0.129. The van der Waals surface area contributed by atoms with E-state index in [2.05, 4.69) is 43.4 Å². The van der Waals surface area contributed by atoms with Crippen LogP contribution in [-0.4, -0.2) is 12.0 Å². The Morgan fingerprint density at radius 2 is 1.75 bits per heavy atom. The second-order valence-electron chi connectivity index (χ2n) is 7.99. The van der Waals surface area contributed by atoms with E-state index in [4.69, 9.17) is 4.74 Å². The smallest absolute Gasteiger partial charge is 0.261 e. The van der Waals surface area contributed by atoms with Crippen molar-refractivity contribution < 1.29 is 9.53 Å². The largest absolute Gasteiger partial charge is 0.480 e. The highest BCUT2D eigenvalue weighted by molar-refractivity contribution is 5.81. The summed E-state index contributed by atoms with van der Waals surface area (Å²) in [5.41, 5.74) is 6.39. The lowest BCUT2D eigenvalue weighted by atomic mass is 9.88. The van der Waals surface area contributed by atoms with Gasteiger partial charge in [-0.25, -0.2) is 0 Å². The van der Waals surface area contributed by atoms with Gasteiger partial charge in [-0.05, 0) is 80.7 Å². The summed E-state index contributed by atoms with van der Waals surface area (Å²) in [5, 5.41) is 3.23.